The van der Waals surface area contributed by atoms with Crippen molar-refractivity contribution in [2.24, 2.45) is 10.8 Å². The van der Waals surface area contributed by atoms with Crippen LogP contribution in [-0.4, -0.2) is 38.0 Å². The zero-order chi connectivity index (χ0) is 22.2. The molecule has 1 aliphatic carbocycles. The number of thiophene rings is 1. The zero-order valence-corrected chi connectivity index (χ0v) is 18.3. The van der Waals surface area contributed by atoms with Gasteiger partial charge in [-0.3, -0.25) is 4.79 Å². The highest BCUT2D eigenvalue weighted by molar-refractivity contribution is 7.13. The van der Waals surface area contributed by atoms with Crippen molar-refractivity contribution in [3.63, 3.8) is 0 Å². The molecule has 0 unspecified atom stereocenters. The van der Waals surface area contributed by atoms with E-state index in [2.05, 4.69) is 30.9 Å². The molecule has 2 atom stereocenters. The van der Waals surface area contributed by atoms with E-state index in [9.17, 15) is 18.0 Å². The first-order chi connectivity index (χ1) is 14.4. The lowest BCUT2D eigenvalue weighted by atomic mass is 9.65. The highest BCUT2D eigenvalue weighted by atomic mass is 32.1. The minimum atomic E-state index is -4.62. The van der Waals surface area contributed by atoms with Crippen LogP contribution in [-0.2, 0) is 6.18 Å². The van der Waals surface area contributed by atoms with Gasteiger partial charge in [0.1, 0.15) is 0 Å². The van der Waals surface area contributed by atoms with E-state index in [0.717, 1.165) is 29.8 Å². The summed E-state index contributed by atoms with van der Waals surface area (Å²) in [6.07, 6.45) is -1.79. The van der Waals surface area contributed by atoms with Gasteiger partial charge in [0.2, 0.25) is 0 Å². The van der Waals surface area contributed by atoms with Crippen LogP contribution in [0.2, 0.25) is 0 Å². The van der Waals surface area contributed by atoms with Crippen molar-refractivity contribution in [2.75, 3.05) is 6.54 Å². The molecule has 5 nitrogen and oxygen atoms in total. The Morgan fingerprint density at radius 2 is 2.00 bits per heavy atom. The maximum Gasteiger partial charge on any atom is 0.433 e. The van der Waals surface area contributed by atoms with Crippen molar-refractivity contribution in [3.8, 4) is 10.6 Å². The van der Waals surface area contributed by atoms with Crippen LogP contribution in [0.1, 0.15) is 56.2 Å². The number of hydrogen-bond donors (Lipinski definition) is 0. The highest BCUT2D eigenvalue weighted by Gasteiger charge is 2.51. The summed E-state index contributed by atoms with van der Waals surface area (Å²) in [5.41, 5.74) is -0.520. The summed E-state index contributed by atoms with van der Waals surface area (Å²) >= 11 is 1.31. The number of carbonyl (C=O) groups excluding carboxylic acids is 1. The van der Waals surface area contributed by atoms with Gasteiger partial charge in [0.15, 0.2) is 17.0 Å². The van der Waals surface area contributed by atoms with Crippen molar-refractivity contribution < 1.29 is 18.0 Å². The second-order valence-electron chi connectivity index (χ2n) is 9.95. The molecule has 0 aromatic carbocycles. The predicted molar refractivity (Wildman–Crippen MR) is 112 cm³/mol. The third-order valence-corrected chi connectivity index (χ3v) is 7.28. The van der Waals surface area contributed by atoms with E-state index >= 15 is 0 Å². The Labute approximate surface area is 181 Å². The number of carbonyl (C=O) groups is 1. The predicted octanol–water partition coefficient (Wildman–Crippen LogP) is 5.52. The minimum Gasteiger partial charge on any atom is -0.334 e. The van der Waals surface area contributed by atoms with E-state index in [0.29, 0.717) is 11.4 Å². The van der Waals surface area contributed by atoms with Crippen molar-refractivity contribution in [2.45, 2.75) is 52.3 Å². The average Bonchev–Trinajstić information content (AvgIpc) is 3.35. The first-order valence-electron chi connectivity index (χ1n) is 10.3. The molecule has 3 aromatic rings. The molecule has 9 heteroatoms. The molecule has 0 radical (unpaired) electrons. The first kappa shape index (κ1) is 20.5. The Balaban J connectivity index is 1.56. The van der Waals surface area contributed by atoms with Gasteiger partial charge in [0, 0.05) is 18.7 Å². The summed E-state index contributed by atoms with van der Waals surface area (Å²) in [4.78, 5) is 20.1. The number of hydrogen-bond acceptors (Lipinski definition) is 4. The average molecular weight is 449 g/mol. The SMILES string of the molecule is CC1(C)C[C@H]2C[C@@](C)(CN2C(=O)c2cc3nc(-c4cccs4)cc(C(F)(F)F)n3n2)C1. The molecule has 5 rings (SSSR count). The molecule has 2 aliphatic rings. The van der Waals surface area contributed by atoms with E-state index in [1.54, 1.807) is 17.5 Å². The van der Waals surface area contributed by atoms with Crippen LogP contribution in [0.25, 0.3) is 16.2 Å². The van der Waals surface area contributed by atoms with E-state index < -0.39 is 11.9 Å². The van der Waals surface area contributed by atoms with Crippen molar-refractivity contribution >= 4 is 22.9 Å². The van der Waals surface area contributed by atoms with E-state index in [4.69, 9.17) is 0 Å². The fourth-order valence-electron chi connectivity index (χ4n) is 5.68. The Hall–Kier alpha value is -2.42. The Morgan fingerprint density at radius 3 is 2.68 bits per heavy atom. The maximum atomic E-state index is 13.8. The number of rotatable bonds is 2. The summed E-state index contributed by atoms with van der Waals surface area (Å²) in [7, 11) is 0. The molecule has 31 heavy (non-hydrogen) atoms. The van der Waals surface area contributed by atoms with Gasteiger partial charge in [-0.2, -0.15) is 18.3 Å². The monoisotopic (exact) mass is 448 g/mol. The fraction of sp³-hybridized carbons (Fsp3) is 0.500. The van der Waals surface area contributed by atoms with Gasteiger partial charge in [-0.25, -0.2) is 9.50 Å². The standard InChI is InChI=1S/C22H23F3N4OS/c1-20(2)9-13-10-21(3,11-20)12-28(13)19(30)15-8-18-26-14(16-5-4-6-31-16)7-17(22(23,24)25)29(18)27-15/h4-8,13H,9-12H2,1-3H3/t13-,21+/m0/s1. The second-order valence-corrected chi connectivity index (χ2v) is 10.9. The smallest absolute Gasteiger partial charge is 0.334 e. The van der Waals surface area contributed by atoms with Gasteiger partial charge in [0.25, 0.3) is 5.91 Å². The van der Waals surface area contributed by atoms with Crippen molar-refractivity contribution in [1.82, 2.24) is 19.5 Å². The molecule has 0 spiro atoms. The van der Waals surface area contributed by atoms with E-state index in [1.165, 1.54) is 17.4 Å². The number of likely N-dealkylation sites (tertiary alicyclic amines) is 1. The summed E-state index contributed by atoms with van der Waals surface area (Å²) in [6, 6.07) is 5.94. The fourth-order valence-corrected chi connectivity index (χ4v) is 6.36. The van der Waals surface area contributed by atoms with Gasteiger partial charge in [-0.1, -0.05) is 26.8 Å². The zero-order valence-electron chi connectivity index (χ0n) is 17.5. The lowest BCUT2D eigenvalue weighted by Crippen LogP contribution is -2.37. The Morgan fingerprint density at radius 1 is 1.23 bits per heavy atom. The number of halogens is 3. The van der Waals surface area contributed by atoms with Crippen LogP contribution in [0.3, 0.4) is 0 Å². The third-order valence-electron chi connectivity index (χ3n) is 6.39. The Bertz CT molecular complexity index is 1170. The molecule has 164 valence electrons. The quantitative estimate of drug-likeness (QED) is 0.519. The van der Waals surface area contributed by atoms with Crippen LogP contribution in [0.4, 0.5) is 13.2 Å². The maximum absolute atomic E-state index is 13.8. The first-order valence-corrected chi connectivity index (χ1v) is 11.2. The summed E-state index contributed by atoms with van der Waals surface area (Å²) in [6.45, 7) is 7.21. The van der Waals surface area contributed by atoms with Gasteiger partial charge in [-0.05, 0) is 47.6 Å². The molecular formula is C22H23F3N4OS. The van der Waals surface area contributed by atoms with Crippen LogP contribution in [0, 0.1) is 10.8 Å². The highest BCUT2D eigenvalue weighted by Crippen LogP contribution is 2.52. The molecule has 1 saturated heterocycles. The second kappa shape index (κ2) is 6.54. The van der Waals surface area contributed by atoms with Crippen LogP contribution in [0.15, 0.2) is 29.6 Å². The van der Waals surface area contributed by atoms with Crippen molar-refractivity contribution in [3.05, 3.63) is 41.0 Å². The summed E-state index contributed by atoms with van der Waals surface area (Å²) < 4.78 is 42.1. The van der Waals surface area contributed by atoms with Gasteiger partial charge >= 0.3 is 6.18 Å². The molecule has 4 heterocycles. The van der Waals surface area contributed by atoms with E-state index in [1.807, 2.05) is 4.90 Å². The molecular weight excluding hydrogens is 425 g/mol. The molecule has 3 aromatic heterocycles. The van der Waals surface area contributed by atoms with E-state index in [-0.39, 0.29) is 39.8 Å². The third kappa shape index (κ3) is 3.52. The largest absolute Gasteiger partial charge is 0.433 e. The van der Waals surface area contributed by atoms with Crippen LogP contribution >= 0.6 is 11.3 Å². The Kier molecular flexibility index (Phi) is 4.32. The molecule has 1 aliphatic heterocycles. The van der Waals surface area contributed by atoms with Gasteiger partial charge < -0.3 is 4.90 Å². The molecule has 1 saturated carbocycles. The molecule has 1 amide bonds. The van der Waals surface area contributed by atoms with Crippen molar-refractivity contribution in [1.29, 1.82) is 0 Å². The normalized spacial score (nSPS) is 25.4. The number of fused-ring (bicyclic) bond motifs is 3. The van der Waals surface area contributed by atoms with Gasteiger partial charge in [-0.15, -0.1) is 11.3 Å². The lowest BCUT2D eigenvalue weighted by Gasteiger charge is -2.39. The summed E-state index contributed by atoms with van der Waals surface area (Å²) in [5, 5.41) is 5.85. The minimum absolute atomic E-state index is 0.00952. The summed E-state index contributed by atoms with van der Waals surface area (Å²) in [5.74, 6) is -0.317. The molecule has 0 N–H and O–H groups in total. The number of amides is 1. The molecule has 2 fully saturated rings. The molecule has 2 bridgehead atoms. The van der Waals surface area contributed by atoms with Crippen LogP contribution < -0.4 is 0 Å². The number of alkyl halides is 3. The van der Waals surface area contributed by atoms with Gasteiger partial charge in [0.05, 0.1) is 10.6 Å². The van der Waals surface area contributed by atoms with Crippen LogP contribution in [0.5, 0.6) is 0 Å². The number of aromatic nitrogens is 3. The topological polar surface area (TPSA) is 50.5 Å². The lowest BCUT2D eigenvalue weighted by molar-refractivity contribution is -0.142. The number of nitrogens with zero attached hydrogens (tertiary/aromatic N) is 4.